The average Bonchev–Trinajstić information content (AvgIpc) is 3.61. The van der Waals surface area contributed by atoms with Crippen LogP contribution in [0, 0.1) is 5.82 Å². The van der Waals surface area contributed by atoms with Crippen molar-refractivity contribution in [2.24, 2.45) is 0 Å². The molecule has 0 unspecified atom stereocenters. The van der Waals surface area contributed by atoms with Crippen molar-refractivity contribution in [2.75, 3.05) is 19.8 Å². The quantitative estimate of drug-likeness (QED) is 0.392. The maximum Gasteiger partial charge on any atom is 0.227 e. The van der Waals surface area contributed by atoms with Crippen molar-refractivity contribution in [3.05, 3.63) is 71.7 Å². The zero-order valence-electron chi connectivity index (χ0n) is 20.2. The van der Waals surface area contributed by atoms with Gasteiger partial charge in [-0.05, 0) is 49.9 Å². The Labute approximate surface area is 200 Å². The first-order valence-corrected chi connectivity index (χ1v) is 12.1. The third kappa shape index (κ3) is 6.03. The fourth-order valence-corrected chi connectivity index (χ4v) is 4.12. The van der Waals surface area contributed by atoms with E-state index in [1.807, 2.05) is 37.3 Å². The fraction of sp³-hybridized carbons (Fsp3) is 0.444. The first-order chi connectivity index (χ1) is 16.5. The number of nitrogens with zero attached hydrogens (tertiary/aromatic N) is 3. The molecule has 0 radical (unpaired) electrons. The van der Waals surface area contributed by atoms with Crippen LogP contribution in [0.3, 0.4) is 0 Å². The Morgan fingerprint density at radius 2 is 1.91 bits per heavy atom. The molecule has 0 amide bonds. The largest absolute Gasteiger partial charge is 0.438 e. The van der Waals surface area contributed by atoms with Crippen molar-refractivity contribution in [1.82, 2.24) is 14.7 Å². The van der Waals surface area contributed by atoms with Gasteiger partial charge in [-0.3, -0.25) is 4.90 Å². The van der Waals surface area contributed by atoms with Crippen molar-refractivity contribution in [2.45, 2.75) is 58.2 Å². The summed E-state index contributed by atoms with van der Waals surface area (Å²) >= 11 is 0. The van der Waals surface area contributed by atoms with Crippen LogP contribution in [-0.2, 0) is 11.3 Å². The minimum absolute atomic E-state index is 0.157. The SMILES string of the molecule is CCOC[C@H](O)CN(Cc1c(C(C)C)nn(-c2ccccc2)c1Oc1cccc(F)c1)C1CC1. The highest BCUT2D eigenvalue weighted by molar-refractivity contribution is 5.44. The lowest BCUT2D eigenvalue weighted by atomic mass is 10.1. The summed E-state index contributed by atoms with van der Waals surface area (Å²) in [4.78, 5) is 2.29. The predicted molar refractivity (Wildman–Crippen MR) is 130 cm³/mol. The Morgan fingerprint density at radius 1 is 1.15 bits per heavy atom. The van der Waals surface area contributed by atoms with Crippen LogP contribution in [0.2, 0.25) is 0 Å². The van der Waals surface area contributed by atoms with Crippen molar-refractivity contribution in [3.8, 4) is 17.3 Å². The summed E-state index contributed by atoms with van der Waals surface area (Å²) in [7, 11) is 0. The van der Waals surface area contributed by atoms with Gasteiger partial charge in [-0.1, -0.05) is 38.1 Å². The number of halogens is 1. The molecule has 1 aliphatic carbocycles. The van der Waals surface area contributed by atoms with Gasteiger partial charge in [0.05, 0.1) is 29.7 Å². The van der Waals surface area contributed by atoms with E-state index in [1.165, 1.54) is 12.1 Å². The standard InChI is InChI=1S/C27H34FN3O3/c1-4-33-18-23(32)16-30(21-13-14-21)17-25-26(19(2)3)29-31(22-10-6-5-7-11-22)27(25)34-24-12-8-9-20(28)15-24/h5-12,15,19,21,23,32H,4,13-14,16-18H2,1-3H3/t23-/m1/s1. The second-order valence-corrected chi connectivity index (χ2v) is 9.10. The van der Waals surface area contributed by atoms with Gasteiger partial charge in [-0.2, -0.15) is 5.10 Å². The lowest BCUT2D eigenvalue weighted by molar-refractivity contribution is 0.0177. The first-order valence-electron chi connectivity index (χ1n) is 12.1. The topological polar surface area (TPSA) is 59.8 Å². The number of hydrogen-bond donors (Lipinski definition) is 1. The zero-order chi connectivity index (χ0) is 24.1. The van der Waals surface area contributed by atoms with Crippen LogP contribution in [0.1, 0.15) is 50.8 Å². The van der Waals surface area contributed by atoms with Crippen molar-refractivity contribution in [3.63, 3.8) is 0 Å². The van der Waals surface area contributed by atoms with E-state index in [-0.39, 0.29) is 11.7 Å². The molecule has 2 aromatic carbocycles. The van der Waals surface area contributed by atoms with E-state index in [1.54, 1.807) is 16.8 Å². The zero-order valence-corrected chi connectivity index (χ0v) is 20.2. The second-order valence-electron chi connectivity index (χ2n) is 9.10. The molecule has 0 aliphatic heterocycles. The molecule has 7 heteroatoms. The molecule has 6 nitrogen and oxygen atoms in total. The summed E-state index contributed by atoms with van der Waals surface area (Å²) in [6.45, 7) is 8.13. The maximum absolute atomic E-state index is 13.9. The Kier molecular flexibility index (Phi) is 7.98. The summed E-state index contributed by atoms with van der Waals surface area (Å²) in [5.41, 5.74) is 2.76. The fourth-order valence-electron chi connectivity index (χ4n) is 4.12. The molecule has 1 N–H and O–H groups in total. The van der Waals surface area contributed by atoms with Gasteiger partial charge < -0.3 is 14.6 Å². The van der Waals surface area contributed by atoms with E-state index < -0.39 is 6.10 Å². The second kappa shape index (κ2) is 11.1. The summed E-state index contributed by atoms with van der Waals surface area (Å²) < 4.78 is 27.5. The number of benzene rings is 2. The maximum atomic E-state index is 13.9. The molecule has 182 valence electrons. The van der Waals surface area contributed by atoms with Crippen molar-refractivity contribution >= 4 is 0 Å². The van der Waals surface area contributed by atoms with Gasteiger partial charge in [-0.15, -0.1) is 0 Å². The van der Waals surface area contributed by atoms with Gasteiger partial charge in [-0.25, -0.2) is 9.07 Å². The van der Waals surface area contributed by atoms with E-state index in [0.717, 1.165) is 29.8 Å². The van der Waals surface area contributed by atoms with Crippen LogP contribution in [0.25, 0.3) is 5.69 Å². The van der Waals surface area contributed by atoms with E-state index in [2.05, 4.69) is 18.7 Å². The Balaban J connectivity index is 1.73. The molecule has 1 aromatic heterocycles. The highest BCUT2D eigenvalue weighted by Gasteiger charge is 2.33. The number of aromatic nitrogens is 2. The Hall–Kier alpha value is -2.74. The van der Waals surface area contributed by atoms with E-state index >= 15 is 0 Å². The normalized spacial score (nSPS) is 14.7. The molecular weight excluding hydrogens is 433 g/mol. The number of aliphatic hydroxyl groups is 1. The van der Waals surface area contributed by atoms with E-state index in [9.17, 15) is 9.50 Å². The number of para-hydroxylation sites is 1. The molecule has 1 heterocycles. The van der Waals surface area contributed by atoms with Crippen molar-refractivity contribution < 1.29 is 19.0 Å². The molecule has 1 aliphatic rings. The molecule has 1 fully saturated rings. The minimum atomic E-state index is -0.570. The lowest BCUT2D eigenvalue weighted by Gasteiger charge is -2.25. The van der Waals surface area contributed by atoms with Gasteiger partial charge in [0.25, 0.3) is 0 Å². The first kappa shape index (κ1) is 24.4. The third-order valence-corrected chi connectivity index (χ3v) is 5.91. The van der Waals surface area contributed by atoms with E-state index in [0.29, 0.717) is 44.0 Å². The summed E-state index contributed by atoms with van der Waals surface area (Å²) in [5.74, 6) is 0.797. The minimum Gasteiger partial charge on any atom is -0.438 e. The monoisotopic (exact) mass is 467 g/mol. The third-order valence-electron chi connectivity index (χ3n) is 5.91. The highest BCUT2D eigenvalue weighted by atomic mass is 19.1. The molecule has 4 rings (SSSR count). The Morgan fingerprint density at radius 3 is 2.56 bits per heavy atom. The van der Waals surface area contributed by atoms with Gasteiger partial charge in [0.2, 0.25) is 5.88 Å². The molecule has 0 bridgehead atoms. The van der Waals surface area contributed by atoms with Crippen LogP contribution in [0.15, 0.2) is 54.6 Å². The molecule has 0 saturated heterocycles. The number of hydrogen-bond acceptors (Lipinski definition) is 5. The summed E-state index contributed by atoms with van der Waals surface area (Å²) in [5, 5.41) is 15.5. The van der Waals surface area contributed by atoms with Crippen LogP contribution in [0.5, 0.6) is 11.6 Å². The molecule has 1 atom stereocenters. The molecule has 3 aromatic rings. The summed E-state index contributed by atoms with van der Waals surface area (Å²) in [6, 6.07) is 16.4. The van der Waals surface area contributed by atoms with Crippen LogP contribution < -0.4 is 4.74 Å². The highest BCUT2D eigenvalue weighted by Crippen LogP contribution is 2.37. The number of aliphatic hydroxyl groups excluding tert-OH is 1. The van der Waals surface area contributed by atoms with E-state index in [4.69, 9.17) is 14.6 Å². The van der Waals surface area contributed by atoms with Crippen LogP contribution in [-0.4, -0.2) is 51.7 Å². The van der Waals surface area contributed by atoms with Gasteiger partial charge in [0, 0.05) is 31.8 Å². The average molecular weight is 468 g/mol. The number of ether oxygens (including phenoxy) is 2. The van der Waals surface area contributed by atoms with Gasteiger partial charge >= 0.3 is 0 Å². The smallest absolute Gasteiger partial charge is 0.227 e. The molecule has 0 spiro atoms. The van der Waals surface area contributed by atoms with Gasteiger partial charge in [0.15, 0.2) is 0 Å². The van der Waals surface area contributed by atoms with Crippen LogP contribution in [0.4, 0.5) is 4.39 Å². The van der Waals surface area contributed by atoms with Crippen molar-refractivity contribution in [1.29, 1.82) is 0 Å². The van der Waals surface area contributed by atoms with Gasteiger partial charge in [0.1, 0.15) is 11.6 Å². The predicted octanol–water partition coefficient (Wildman–Crippen LogP) is 5.29. The van der Waals surface area contributed by atoms with Crippen LogP contribution >= 0.6 is 0 Å². The molecule has 1 saturated carbocycles. The number of rotatable bonds is 12. The summed E-state index contributed by atoms with van der Waals surface area (Å²) in [6.07, 6.45) is 1.64. The molecule has 34 heavy (non-hydrogen) atoms. The lowest BCUT2D eigenvalue weighted by Crippen LogP contribution is -2.36. The Bertz CT molecular complexity index is 1070. The molecular formula is C27H34FN3O3.